The van der Waals surface area contributed by atoms with Crippen LogP contribution in [0, 0.1) is 5.92 Å². The van der Waals surface area contributed by atoms with Crippen LogP contribution in [0.5, 0.6) is 11.5 Å². The first-order valence-corrected chi connectivity index (χ1v) is 9.49. The minimum absolute atomic E-state index is 0.166. The monoisotopic (exact) mass is 413 g/mol. The Labute approximate surface area is 174 Å². The lowest BCUT2D eigenvalue weighted by Gasteiger charge is -2.31. The molecule has 3 rings (SSSR count). The van der Waals surface area contributed by atoms with Crippen molar-refractivity contribution in [1.82, 2.24) is 4.90 Å². The molecule has 1 amide bonds. The third-order valence-electron chi connectivity index (χ3n) is 4.82. The number of ether oxygens (including phenoxy) is 3. The minimum atomic E-state index is -0.476. The van der Waals surface area contributed by atoms with Crippen LogP contribution < -0.4 is 9.47 Å². The van der Waals surface area contributed by atoms with E-state index in [1.54, 1.807) is 35.2 Å². The topological polar surface area (TPSA) is 95.3 Å². The summed E-state index contributed by atoms with van der Waals surface area (Å²) < 4.78 is 20.4. The highest BCUT2D eigenvalue weighted by atomic mass is 16.6. The number of hydrogen-bond acceptors (Lipinski definition) is 7. The number of nitrogens with zero attached hydrogens (tertiary/aromatic N) is 1. The zero-order valence-corrected chi connectivity index (χ0v) is 16.8. The molecular formula is C22H23NO7. The summed E-state index contributed by atoms with van der Waals surface area (Å²) in [6, 6.07) is 6.55. The summed E-state index contributed by atoms with van der Waals surface area (Å²) in [4.78, 5) is 38.1. The van der Waals surface area contributed by atoms with Crippen molar-refractivity contribution in [3.8, 4) is 11.5 Å². The highest BCUT2D eigenvalue weighted by molar-refractivity contribution is 5.94. The lowest BCUT2D eigenvalue weighted by atomic mass is 9.97. The Hall–Kier alpha value is -3.55. The number of carbonyl (C=O) groups is 3. The molecule has 2 heterocycles. The molecule has 1 aromatic heterocycles. The third kappa shape index (κ3) is 5.08. The van der Waals surface area contributed by atoms with Crippen LogP contribution in [-0.4, -0.2) is 50.1 Å². The predicted octanol–water partition coefficient (Wildman–Crippen LogP) is 2.93. The fourth-order valence-corrected chi connectivity index (χ4v) is 3.22. The smallest absolute Gasteiger partial charge is 0.330 e. The number of benzene rings is 1. The molecule has 30 heavy (non-hydrogen) atoms. The molecule has 1 aliphatic rings. The van der Waals surface area contributed by atoms with Gasteiger partial charge >= 0.3 is 11.9 Å². The Kier molecular flexibility index (Phi) is 6.90. The number of furan rings is 1. The minimum Gasteiger partial charge on any atom is -0.493 e. The Morgan fingerprint density at radius 1 is 1.17 bits per heavy atom. The molecule has 0 radical (unpaired) electrons. The van der Waals surface area contributed by atoms with Crippen LogP contribution in [0.2, 0.25) is 0 Å². The van der Waals surface area contributed by atoms with Gasteiger partial charge in [-0.1, -0.05) is 6.07 Å². The summed E-state index contributed by atoms with van der Waals surface area (Å²) in [5.74, 6) is -0.862. The van der Waals surface area contributed by atoms with E-state index in [-0.39, 0.29) is 18.2 Å². The molecule has 1 fully saturated rings. The summed E-state index contributed by atoms with van der Waals surface area (Å²) >= 11 is 0. The maximum atomic E-state index is 12.7. The normalized spacial score (nSPS) is 16.3. The van der Waals surface area contributed by atoms with Crippen molar-refractivity contribution in [2.24, 2.45) is 5.92 Å². The molecular weight excluding hydrogens is 390 g/mol. The molecule has 1 atom stereocenters. The molecule has 8 nitrogen and oxygen atoms in total. The van der Waals surface area contributed by atoms with Crippen molar-refractivity contribution < 1.29 is 33.0 Å². The van der Waals surface area contributed by atoms with Gasteiger partial charge in [-0.3, -0.25) is 9.59 Å². The van der Waals surface area contributed by atoms with Crippen molar-refractivity contribution in [2.75, 3.05) is 27.3 Å². The number of piperidine rings is 1. The number of amides is 1. The van der Waals surface area contributed by atoms with Crippen LogP contribution in [0.4, 0.5) is 0 Å². The van der Waals surface area contributed by atoms with Crippen molar-refractivity contribution >= 4 is 23.9 Å². The first kappa shape index (κ1) is 21.2. The van der Waals surface area contributed by atoms with Gasteiger partial charge < -0.3 is 23.5 Å². The summed E-state index contributed by atoms with van der Waals surface area (Å²) in [5.41, 5.74) is 1.15. The number of hydrogen-bond donors (Lipinski definition) is 0. The van der Waals surface area contributed by atoms with Gasteiger partial charge in [0.2, 0.25) is 0 Å². The average molecular weight is 413 g/mol. The Morgan fingerprint density at radius 2 is 2.00 bits per heavy atom. The Bertz CT molecular complexity index is 933. The van der Waals surface area contributed by atoms with E-state index >= 15 is 0 Å². The second-order valence-electron chi connectivity index (χ2n) is 6.79. The first-order valence-electron chi connectivity index (χ1n) is 9.49. The molecule has 0 aliphatic carbocycles. The molecule has 1 saturated heterocycles. The summed E-state index contributed by atoms with van der Waals surface area (Å²) in [6.07, 6.45) is 7.03. The maximum absolute atomic E-state index is 12.7. The van der Waals surface area contributed by atoms with Gasteiger partial charge in [0.05, 0.1) is 32.0 Å². The van der Waals surface area contributed by atoms with E-state index in [9.17, 15) is 14.4 Å². The number of methoxy groups -OCH3 is 2. The van der Waals surface area contributed by atoms with Crippen LogP contribution in [0.15, 0.2) is 47.3 Å². The standard InChI is InChI=1S/C22H23NO7/c1-27-19-12-15(6-8-20(24)28-2)5-7-18(19)30-22(26)16-4-3-10-23(13-16)21(25)17-9-11-29-14-17/h5-9,11-12,14,16H,3-4,10,13H2,1-2H3/b8-6+. The van der Waals surface area contributed by atoms with Crippen LogP contribution in [0.25, 0.3) is 6.08 Å². The molecule has 2 aromatic rings. The van der Waals surface area contributed by atoms with Crippen molar-refractivity contribution in [3.05, 3.63) is 54.0 Å². The second kappa shape index (κ2) is 9.78. The first-order chi connectivity index (χ1) is 14.5. The molecule has 0 saturated carbocycles. The number of carbonyl (C=O) groups excluding carboxylic acids is 3. The largest absolute Gasteiger partial charge is 0.493 e. The fourth-order valence-electron chi connectivity index (χ4n) is 3.22. The zero-order valence-electron chi connectivity index (χ0n) is 16.8. The highest BCUT2D eigenvalue weighted by Gasteiger charge is 2.31. The van der Waals surface area contributed by atoms with E-state index in [2.05, 4.69) is 4.74 Å². The molecule has 1 aromatic carbocycles. The summed E-state index contributed by atoms with van der Waals surface area (Å²) in [5, 5.41) is 0. The van der Waals surface area contributed by atoms with Gasteiger partial charge in [-0.15, -0.1) is 0 Å². The lowest BCUT2D eigenvalue weighted by Crippen LogP contribution is -2.43. The van der Waals surface area contributed by atoms with Crippen LogP contribution in [-0.2, 0) is 14.3 Å². The van der Waals surface area contributed by atoms with Gasteiger partial charge in [-0.05, 0) is 42.7 Å². The molecule has 0 spiro atoms. The van der Waals surface area contributed by atoms with Crippen LogP contribution >= 0.6 is 0 Å². The molecule has 0 N–H and O–H groups in total. The van der Waals surface area contributed by atoms with Gasteiger partial charge in [0.25, 0.3) is 5.91 Å². The van der Waals surface area contributed by atoms with Crippen LogP contribution in [0.3, 0.4) is 0 Å². The van der Waals surface area contributed by atoms with E-state index < -0.39 is 17.9 Å². The molecule has 8 heteroatoms. The quantitative estimate of drug-likeness (QED) is 0.408. The fraction of sp³-hybridized carbons (Fsp3) is 0.318. The van der Waals surface area contributed by atoms with Crippen molar-refractivity contribution in [1.29, 1.82) is 0 Å². The number of rotatable bonds is 6. The number of likely N-dealkylation sites (tertiary alicyclic amines) is 1. The van der Waals surface area contributed by atoms with Crippen molar-refractivity contribution in [2.45, 2.75) is 12.8 Å². The van der Waals surface area contributed by atoms with E-state index in [1.165, 1.54) is 32.8 Å². The van der Waals surface area contributed by atoms with E-state index in [0.717, 1.165) is 0 Å². The van der Waals surface area contributed by atoms with Gasteiger partial charge in [0.15, 0.2) is 11.5 Å². The Balaban J connectivity index is 1.66. The van der Waals surface area contributed by atoms with Crippen molar-refractivity contribution in [3.63, 3.8) is 0 Å². The van der Waals surface area contributed by atoms with Gasteiger partial charge in [0.1, 0.15) is 6.26 Å². The lowest BCUT2D eigenvalue weighted by molar-refractivity contribution is -0.140. The number of esters is 2. The Morgan fingerprint density at radius 3 is 2.70 bits per heavy atom. The third-order valence-corrected chi connectivity index (χ3v) is 4.82. The van der Waals surface area contributed by atoms with Crippen LogP contribution in [0.1, 0.15) is 28.8 Å². The van der Waals surface area contributed by atoms with Gasteiger partial charge in [0, 0.05) is 19.2 Å². The van der Waals surface area contributed by atoms with E-state index in [0.29, 0.717) is 36.3 Å². The average Bonchev–Trinajstić information content (AvgIpc) is 3.32. The zero-order chi connectivity index (χ0) is 21.5. The second-order valence-corrected chi connectivity index (χ2v) is 6.79. The van der Waals surface area contributed by atoms with E-state index in [1.807, 2.05) is 0 Å². The summed E-state index contributed by atoms with van der Waals surface area (Å²) in [6.45, 7) is 0.865. The van der Waals surface area contributed by atoms with Gasteiger partial charge in [-0.25, -0.2) is 4.79 Å². The predicted molar refractivity (Wildman–Crippen MR) is 107 cm³/mol. The molecule has 1 aliphatic heterocycles. The molecule has 0 bridgehead atoms. The highest BCUT2D eigenvalue weighted by Crippen LogP contribution is 2.30. The maximum Gasteiger partial charge on any atom is 0.330 e. The van der Waals surface area contributed by atoms with E-state index in [4.69, 9.17) is 13.9 Å². The SMILES string of the molecule is COC(=O)/C=C/c1ccc(OC(=O)C2CCCN(C(=O)c3ccoc3)C2)c(OC)c1. The molecule has 158 valence electrons. The molecule has 1 unspecified atom stereocenters. The summed E-state index contributed by atoms with van der Waals surface area (Å²) in [7, 11) is 2.76. The van der Waals surface area contributed by atoms with Gasteiger partial charge in [-0.2, -0.15) is 0 Å².